The highest BCUT2D eigenvalue weighted by Gasteiger charge is 2.49. The van der Waals surface area contributed by atoms with Crippen molar-refractivity contribution >= 4 is 11.6 Å². The highest BCUT2D eigenvalue weighted by atomic mass is 16.2. The Morgan fingerprint density at radius 3 is 2.17 bits per heavy atom. The molecule has 0 N–H and O–H groups in total. The Morgan fingerprint density at radius 2 is 1.52 bits per heavy atom. The molecule has 0 aromatic heterocycles. The van der Waals surface area contributed by atoms with Crippen molar-refractivity contribution in [3.05, 3.63) is 65.2 Å². The van der Waals surface area contributed by atoms with E-state index in [2.05, 4.69) is 67.3 Å². The molecule has 2 fully saturated rings. The summed E-state index contributed by atoms with van der Waals surface area (Å²) in [6.07, 6.45) is 2.42. The number of carbonyl (C=O) groups excluding carboxylic acids is 1. The van der Waals surface area contributed by atoms with E-state index in [4.69, 9.17) is 0 Å². The zero-order chi connectivity index (χ0) is 16.0. The molecule has 0 spiro atoms. The van der Waals surface area contributed by atoms with Gasteiger partial charge in [-0.3, -0.25) is 14.6 Å². The van der Waals surface area contributed by atoms with E-state index in [1.165, 1.54) is 11.1 Å². The fourth-order valence-electron chi connectivity index (χ4n) is 3.86. The molecule has 3 heteroatoms. The van der Waals surface area contributed by atoms with Gasteiger partial charge < -0.3 is 0 Å². The van der Waals surface area contributed by atoms with Gasteiger partial charge in [-0.25, -0.2) is 0 Å². The van der Waals surface area contributed by atoms with Crippen LogP contribution in [0, 0.1) is 13.8 Å². The molecule has 4 rings (SSSR count). The van der Waals surface area contributed by atoms with Crippen LogP contribution in [0.2, 0.25) is 0 Å². The lowest BCUT2D eigenvalue weighted by atomic mass is 10.0. The summed E-state index contributed by atoms with van der Waals surface area (Å²) >= 11 is 0. The minimum Gasteiger partial charge on any atom is -0.294 e. The van der Waals surface area contributed by atoms with Crippen molar-refractivity contribution in [2.75, 3.05) is 11.4 Å². The third-order valence-electron chi connectivity index (χ3n) is 5.07. The van der Waals surface area contributed by atoms with Crippen LogP contribution >= 0.6 is 0 Å². The molecule has 2 aliphatic rings. The largest absolute Gasteiger partial charge is 0.294 e. The van der Waals surface area contributed by atoms with Gasteiger partial charge in [-0.05, 0) is 44.4 Å². The van der Waals surface area contributed by atoms with Crippen molar-refractivity contribution in [2.45, 2.75) is 38.9 Å². The van der Waals surface area contributed by atoms with E-state index >= 15 is 0 Å². The standard InChI is InChI=1S/C20H22N2O/c1-14-5-9-16(10-6-14)19-20(23)22(18-4-3-13-21(18)19)17-11-7-15(2)8-12-17/h5-12,18-19H,3-4,13H2,1-2H3/t18-,19+/m0/s1. The van der Waals surface area contributed by atoms with Crippen LogP contribution in [0.15, 0.2) is 48.5 Å². The van der Waals surface area contributed by atoms with E-state index in [1.54, 1.807) is 0 Å². The first-order chi connectivity index (χ1) is 11.1. The molecule has 0 radical (unpaired) electrons. The lowest BCUT2D eigenvalue weighted by Gasteiger charge is -2.24. The number of fused-ring (bicyclic) bond motifs is 1. The van der Waals surface area contributed by atoms with Gasteiger partial charge in [-0.2, -0.15) is 0 Å². The topological polar surface area (TPSA) is 23.6 Å². The van der Waals surface area contributed by atoms with Gasteiger partial charge in [0.15, 0.2) is 0 Å². The summed E-state index contributed by atoms with van der Waals surface area (Å²) in [6.45, 7) is 5.15. The molecule has 2 aromatic carbocycles. The molecule has 118 valence electrons. The number of hydrogen-bond acceptors (Lipinski definition) is 2. The summed E-state index contributed by atoms with van der Waals surface area (Å²) in [7, 11) is 0. The van der Waals surface area contributed by atoms with E-state index < -0.39 is 0 Å². The Morgan fingerprint density at radius 1 is 0.913 bits per heavy atom. The van der Waals surface area contributed by atoms with Gasteiger partial charge in [0.2, 0.25) is 5.91 Å². The first-order valence-electron chi connectivity index (χ1n) is 8.37. The van der Waals surface area contributed by atoms with Crippen LogP contribution in [0.3, 0.4) is 0 Å². The Hall–Kier alpha value is -2.13. The van der Waals surface area contributed by atoms with Crippen molar-refractivity contribution in [3.63, 3.8) is 0 Å². The molecule has 3 nitrogen and oxygen atoms in total. The molecule has 0 unspecified atom stereocenters. The summed E-state index contributed by atoms with van der Waals surface area (Å²) in [6, 6.07) is 16.6. The third-order valence-corrected chi connectivity index (χ3v) is 5.07. The third kappa shape index (κ3) is 2.36. The molecule has 23 heavy (non-hydrogen) atoms. The zero-order valence-corrected chi connectivity index (χ0v) is 13.7. The predicted molar refractivity (Wildman–Crippen MR) is 92.3 cm³/mol. The first kappa shape index (κ1) is 14.5. The van der Waals surface area contributed by atoms with E-state index in [1.807, 2.05) is 4.90 Å². The number of hydrogen-bond donors (Lipinski definition) is 0. The predicted octanol–water partition coefficient (Wildman–Crippen LogP) is 3.81. The van der Waals surface area contributed by atoms with E-state index in [0.717, 1.165) is 30.6 Å². The Balaban J connectivity index is 1.73. The maximum atomic E-state index is 13.2. The van der Waals surface area contributed by atoms with Crippen molar-refractivity contribution in [3.8, 4) is 0 Å². The minimum atomic E-state index is -0.135. The minimum absolute atomic E-state index is 0.135. The second-order valence-electron chi connectivity index (χ2n) is 6.72. The summed E-state index contributed by atoms with van der Waals surface area (Å²) < 4.78 is 0. The van der Waals surface area contributed by atoms with E-state index in [0.29, 0.717) is 0 Å². The van der Waals surface area contributed by atoms with E-state index in [9.17, 15) is 4.79 Å². The second kappa shape index (κ2) is 5.50. The normalized spacial score (nSPS) is 24.3. The quantitative estimate of drug-likeness (QED) is 0.842. The molecule has 0 aliphatic carbocycles. The van der Waals surface area contributed by atoms with Crippen LogP contribution in [0.4, 0.5) is 5.69 Å². The SMILES string of the molecule is Cc1ccc([C@@H]2C(=O)N(c3ccc(C)cc3)[C@H]3CCCN32)cc1. The zero-order valence-electron chi connectivity index (χ0n) is 13.7. The maximum Gasteiger partial charge on any atom is 0.250 e. The van der Waals surface area contributed by atoms with E-state index in [-0.39, 0.29) is 18.1 Å². The van der Waals surface area contributed by atoms with Gasteiger partial charge in [0, 0.05) is 12.2 Å². The Bertz CT molecular complexity index is 659. The lowest BCUT2D eigenvalue weighted by molar-refractivity contribution is -0.119. The average molecular weight is 306 g/mol. The van der Waals surface area contributed by atoms with Crippen LogP contribution < -0.4 is 4.90 Å². The molecular weight excluding hydrogens is 284 g/mol. The molecule has 1 amide bonds. The number of anilines is 1. The van der Waals surface area contributed by atoms with Crippen LogP contribution in [0.1, 0.15) is 35.6 Å². The maximum absolute atomic E-state index is 13.2. The molecule has 2 aromatic rings. The van der Waals surface area contributed by atoms with Crippen molar-refractivity contribution in [1.29, 1.82) is 0 Å². The molecule has 0 bridgehead atoms. The van der Waals surface area contributed by atoms with Gasteiger partial charge in [0.05, 0.1) is 6.17 Å². The first-order valence-corrected chi connectivity index (χ1v) is 8.37. The van der Waals surface area contributed by atoms with Crippen molar-refractivity contribution in [2.24, 2.45) is 0 Å². The molecule has 2 atom stereocenters. The van der Waals surface area contributed by atoms with Gasteiger partial charge in [0.1, 0.15) is 6.04 Å². The number of amides is 1. The fraction of sp³-hybridized carbons (Fsp3) is 0.350. The second-order valence-corrected chi connectivity index (χ2v) is 6.72. The number of nitrogens with zero attached hydrogens (tertiary/aromatic N) is 2. The molecule has 2 aliphatic heterocycles. The van der Waals surface area contributed by atoms with Gasteiger partial charge in [-0.15, -0.1) is 0 Å². The summed E-state index contributed by atoms with van der Waals surface area (Å²) in [4.78, 5) is 17.6. The highest BCUT2D eigenvalue weighted by molar-refractivity contribution is 6.00. The van der Waals surface area contributed by atoms with Crippen LogP contribution in [0.5, 0.6) is 0 Å². The highest BCUT2D eigenvalue weighted by Crippen LogP contribution is 2.41. The number of rotatable bonds is 2. The van der Waals surface area contributed by atoms with Gasteiger partial charge >= 0.3 is 0 Å². The van der Waals surface area contributed by atoms with Crippen LogP contribution in [-0.2, 0) is 4.79 Å². The fourth-order valence-corrected chi connectivity index (χ4v) is 3.86. The molecule has 0 saturated carbocycles. The van der Waals surface area contributed by atoms with Crippen molar-refractivity contribution < 1.29 is 4.79 Å². The smallest absolute Gasteiger partial charge is 0.250 e. The summed E-state index contributed by atoms with van der Waals surface area (Å²) in [5.41, 5.74) is 4.58. The summed E-state index contributed by atoms with van der Waals surface area (Å²) in [5, 5.41) is 0. The molecular formula is C20H22N2O. The summed E-state index contributed by atoms with van der Waals surface area (Å²) in [5.74, 6) is 0.211. The lowest BCUT2D eigenvalue weighted by Crippen LogP contribution is -2.35. The average Bonchev–Trinajstić information content (AvgIpc) is 3.10. The molecule has 2 saturated heterocycles. The van der Waals surface area contributed by atoms with Gasteiger partial charge in [0.25, 0.3) is 0 Å². The van der Waals surface area contributed by atoms with Gasteiger partial charge in [-0.1, -0.05) is 47.5 Å². The van der Waals surface area contributed by atoms with Crippen molar-refractivity contribution in [1.82, 2.24) is 4.90 Å². The Kier molecular flexibility index (Phi) is 3.46. The number of carbonyl (C=O) groups is 1. The Labute approximate surface area is 137 Å². The monoisotopic (exact) mass is 306 g/mol. The molecule has 2 heterocycles. The number of benzene rings is 2. The number of aryl methyl sites for hydroxylation is 2. The van der Waals surface area contributed by atoms with Crippen LogP contribution in [0.25, 0.3) is 0 Å². The van der Waals surface area contributed by atoms with Crippen LogP contribution in [-0.4, -0.2) is 23.5 Å².